The minimum absolute atomic E-state index is 0.0458. The van der Waals surface area contributed by atoms with Crippen LogP contribution in [-0.2, 0) is 11.2 Å². The largest absolute Gasteiger partial charge is 0.481 e. The fourth-order valence-corrected chi connectivity index (χ4v) is 1.90. The number of carbonyl (C=O) groups excluding carboxylic acids is 1. The van der Waals surface area contributed by atoms with E-state index < -0.39 is 5.97 Å². The quantitative estimate of drug-likeness (QED) is 0.652. The van der Waals surface area contributed by atoms with Crippen LogP contribution in [0.3, 0.4) is 0 Å². The molecule has 0 radical (unpaired) electrons. The number of hydrogen-bond donors (Lipinski definition) is 3. The molecule has 3 N–H and O–H groups in total. The van der Waals surface area contributed by atoms with Crippen LogP contribution in [0, 0.1) is 5.92 Å². The number of nitrogens with one attached hydrogen (secondary N) is 2. The number of hydrogen-bond acceptors (Lipinski definition) is 3. The van der Waals surface area contributed by atoms with Crippen molar-refractivity contribution in [2.75, 3.05) is 6.54 Å². The molecule has 0 spiro atoms. The number of carboxylic acid groups (broad SMARTS) is 1. The molecule has 0 aliphatic carbocycles. The zero-order valence-corrected chi connectivity index (χ0v) is 12.6. The molecule has 2 unspecified atom stereocenters. The van der Waals surface area contributed by atoms with Crippen LogP contribution in [0.25, 0.3) is 0 Å². The average molecular weight is 296 g/mol. The topological polar surface area (TPSA) is 91.6 Å². The maximum absolute atomic E-state index is 11.7. The van der Waals surface area contributed by atoms with Crippen molar-refractivity contribution in [3.63, 3.8) is 0 Å². The number of furan rings is 1. The lowest BCUT2D eigenvalue weighted by Crippen LogP contribution is -2.42. The second-order valence-corrected chi connectivity index (χ2v) is 5.41. The molecule has 0 aliphatic rings. The first-order valence-corrected chi connectivity index (χ1v) is 7.26. The van der Waals surface area contributed by atoms with Crippen molar-refractivity contribution in [3.05, 3.63) is 24.2 Å². The molecule has 1 heterocycles. The number of carbonyl (C=O) groups is 2. The predicted molar refractivity (Wildman–Crippen MR) is 79.1 cm³/mol. The van der Waals surface area contributed by atoms with E-state index in [-0.39, 0.29) is 24.4 Å². The van der Waals surface area contributed by atoms with E-state index >= 15 is 0 Å². The van der Waals surface area contributed by atoms with Gasteiger partial charge in [0.1, 0.15) is 5.76 Å². The molecule has 118 valence electrons. The van der Waals surface area contributed by atoms with Gasteiger partial charge in [0, 0.05) is 25.4 Å². The molecular weight excluding hydrogens is 272 g/mol. The molecule has 1 rings (SSSR count). The summed E-state index contributed by atoms with van der Waals surface area (Å²) in [6.07, 6.45) is 3.91. The molecule has 6 nitrogen and oxygen atoms in total. The van der Waals surface area contributed by atoms with Crippen LogP contribution >= 0.6 is 0 Å². The van der Waals surface area contributed by atoms with E-state index in [4.69, 9.17) is 9.52 Å². The molecule has 0 saturated heterocycles. The van der Waals surface area contributed by atoms with Gasteiger partial charge in [-0.05, 0) is 37.8 Å². The SMILES string of the molecule is CC(CCC(=O)O)CNC(=O)NC(C)CCc1ccco1. The highest BCUT2D eigenvalue weighted by atomic mass is 16.4. The molecule has 0 saturated carbocycles. The normalized spacial score (nSPS) is 13.4. The molecule has 2 atom stereocenters. The van der Waals surface area contributed by atoms with E-state index in [0.29, 0.717) is 13.0 Å². The van der Waals surface area contributed by atoms with E-state index in [1.807, 2.05) is 26.0 Å². The molecule has 1 aromatic rings. The van der Waals surface area contributed by atoms with Crippen LogP contribution in [0.2, 0.25) is 0 Å². The molecule has 1 aromatic heterocycles. The zero-order chi connectivity index (χ0) is 15.7. The Morgan fingerprint density at radius 1 is 1.33 bits per heavy atom. The summed E-state index contributed by atoms with van der Waals surface area (Å²) in [5.74, 6) is 0.245. The highest BCUT2D eigenvalue weighted by Crippen LogP contribution is 2.06. The molecule has 0 bridgehead atoms. The molecule has 6 heteroatoms. The second-order valence-electron chi connectivity index (χ2n) is 5.41. The van der Waals surface area contributed by atoms with Crippen LogP contribution in [0.4, 0.5) is 4.79 Å². The maximum Gasteiger partial charge on any atom is 0.315 e. The summed E-state index contributed by atoms with van der Waals surface area (Å²) in [5.41, 5.74) is 0. The fraction of sp³-hybridized carbons (Fsp3) is 0.600. The van der Waals surface area contributed by atoms with Gasteiger partial charge >= 0.3 is 12.0 Å². The first kappa shape index (κ1) is 17.1. The maximum atomic E-state index is 11.7. The summed E-state index contributed by atoms with van der Waals surface area (Å²) in [6.45, 7) is 4.34. The van der Waals surface area contributed by atoms with Gasteiger partial charge in [-0.2, -0.15) is 0 Å². The third-order valence-electron chi connectivity index (χ3n) is 3.24. The summed E-state index contributed by atoms with van der Waals surface area (Å²) >= 11 is 0. The Kier molecular flexibility index (Phi) is 7.36. The molecule has 21 heavy (non-hydrogen) atoms. The predicted octanol–water partition coefficient (Wildman–Crippen LogP) is 2.40. The van der Waals surface area contributed by atoms with Crippen LogP contribution in [0.1, 0.15) is 38.9 Å². The minimum Gasteiger partial charge on any atom is -0.481 e. The standard InChI is InChI=1S/C15H24N2O4/c1-11(5-8-14(18)19)10-16-15(20)17-12(2)6-7-13-4-3-9-21-13/h3-4,9,11-12H,5-8,10H2,1-2H3,(H,18,19)(H2,16,17,20). The smallest absolute Gasteiger partial charge is 0.315 e. The molecular formula is C15H24N2O4. The Hall–Kier alpha value is -1.98. The molecule has 2 amide bonds. The first-order valence-electron chi connectivity index (χ1n) is 7.26. The zero-order valence-electron chi connectivity index (χ0n) is 12.6. The van der Waals surface area contributed by atoms with Gasteiger partial charge in [0.25, 0.3) is 0 Å². The molecule has 0 fully saturated rings. The summed E-state index contributed by atoms with van der Waals surface area (Å²) in [5, 5.41) is 14.2. The van der Waals surface area contributed by atoms with Gasteiger partial charge in [0.15, 0.2) is 0 Å². The Bertz CT molecular complexity index is 431. The van der Waals surface area contributed by atoms with Crippen molar-refractivity contribution in [1.82, 2.24) is 10.6 Å². The Morgan fingerprint density at radius 3 is 2.71 bits per heavy atom. The lowest BCUT2D eigenvalue weighted by atomic mass is 10.1. The molecule has 0 aliphatic heterocycles. The van der Waals surface area contributed by atoms with Gasteiger partial charge in [-0.1, -0.05) is 6.92 Å². The lowest BCUT2D eigenvalue weighted by molar-refractivity contribution is -0.137. The number of aryl methyl sites for hydroxylation is 1. The van der Waals surface area contributed by atoms with Gasteiger partial charge in [-0.3, -0.25) is 4.79 Å². The van der Waals surface area contributed by atoms with Crippen LogP contribution in [0.5, 0.6) is 0 Å². The van der Waals surface area contributed by atoms with Gasteiger partial charge in [0.2, 0.25) is 0 Å². The second kappa shape index (κ2) is 9.05. The van der Waals surface area contributed by atoms with Gasteiger partial charge in [-0.25, -0.2) is 4.79 Å². The Balaban J connectivity index is 2.13. The summed E-state index contributed by atoms with van der Waals surface area (Å²) in [7, 11) is 0. The van der Waals surface area contributed by atoms with E-state index in [0.717, 1.165) is 18.6 Å². The average Bonchev–Trinajstić information content (AvgIpc) is 2.94. The first-order chi connectivity index (χ1) is 9.97. The highest BCUT2D eigenvalue weighted by molar-refractivity contribution is 5.74. The van der Waals surface area contributed by atoms with Crippen molar-refractivity contribution < 1.29 is 19.1 Å². The number of carboxylic acids is 1. The van der Waals surface area contributed by atoms with Crippen LogP contribution in [0.15, 0.2) is 22.8 Å². The van der Waals surface area contributed by atoms with Crippen LogP contribution in [-0.4, -0.2) is 29.7 Å². The number of amides is 2. The van der Waals surface area contributed by atoms with Crippen molar-refractivity contribution in [1.29, 1.82) is 0 Å². The van der Waals surface area contributed by atoms with Gasteiger partial charge in [-0.15, -0.1) is 0 Å². The molecule has 0 aromatic carbocycles. The Labute approximate surface area is 124 Å². The highest BCUT2D eigenvalue weighted by Gasteiger charge is 2.10. The Morgan fingerprint density at radius 2 is 2.10 bits per heavy atom. The summed E-state index contributed by atoms with van der Waals surface area (Å²) in [6, 6.07) is 3.59. The number of aliphatic carboxylic acids is 1. The fourth-order valence-electron chi connectivity index (χ4n) is 1.90. The third kappa shape index (κ3) is 8.02. The van der Waals surface area contributed by atoms with Crippen LogP contribution < -0.4 is 10.6 Å². The van der Waals surface area contributed by atoms with E-state index in [9.17, 15) is 9.59 Å². The van der Waals surface area contributed by atoms with Crippen molar-refractivity contribution in [2.24, 2.45) is 5.92 Å². The van der Waals surface area contributed by atoms with E-state index in [1.165, 1.54) is 0 Å². The minimum atomic E-state index is -0.808. The summed E-state index contributed by atoms with van der Waals surface area (Å²) in [4.78, 5) is 22.1. The monoisotopic (exact) mass is 296 g/mol. The van der Waals surface area contributed by atoms with Gasteiger partial charge < -0.3 is 20.2 Å². The number of urea groups is 1. The third-order valence-corrected chi connectivity index (χ3v) is 3.24. The lowest BCUT2D eigenvalue weighted by Gasteiger charge is -2.16. The van der Waals surface area contributed by atoms with Gasteiger partial charge in [0.05, 0.1) is 6.26 Å². The van der Waals surface area contributed by atoms with Crippen molar-refractivity contribution in [3.8, 4) is 0 Å². The number of rotatable bonds is 9. The van der Waals surface area contributed by atoms with Crippen molar-refractivity contribution in [2.45, 2.75) is 45.6 Å². The van der Waals surface area contributed by atoms with E-state index in [1.54, 1.807) is 6.26 Å². The summed E-state index contributed by atoms with van der Waals surface area (Å²) < 4.78 is 5.24. The van der Waals surface area contributed by atoms with Crippen molar-refractivity contribution >= 4 is 12.0 Å². The van der Waals surface area contributed by atoms with E-state index in [2.05, 4.69) is 10.6 Å².